The maximum atomic E-state index is 9.11. The van der Waals surface area contributed by atoms with Crippen LogP contribution in [0.25, 0.3) is 77.5 Å². The van der Waals surface area contributed by atoms with Crippen LogP contribution in [0.1, 0.15) is 70.3 Å². The fourth-order valence-corrected chi connectivity index (χ4v) is 9.41. The Labute approximate surface area is 370 Å². The molecule has 0 aliphatic heterocycles. The summed E-state index contributed by atoms with van der Waals surface area (Å²) in [7, 11) is -1.79. The Bertz CT molecular complexity index is 3180. The van der Waals surface area contributed by atoms with Crippen LogP contribution < -0.4 is 5.19 Å². The van der Waals surface area contributed by atoms with Gasteiger partial charge in [0.15, 0.2) is 0 Å². The van der Waals surface area contributed by atoms with Crippen LogP contribution in [-0.2, 0) is 26.5 Å². The van der Waals surface area contributed by atoms with Crippen molar-refractivity contribution in [2.24, 2.45) is 5.92 Å². The Kier molecular flexibility index (Phi) is 9.58. The van der Waals surface area contributed by atoms with E-state index in [9.17, 15) is 0 Å². The average molecular weight is 974 g/mol. The van der Waals surface area contributed by atoms with Crippen molar-refractivity contribution in [2.75, 3.05) is 0 Å². The van der Waals surface area contributed by atoms with Gasteiger partial charge in [0.1, 0.15) is 11.2 Å². The zero-order valence-electron chi connectivity index (χ0n) is 39.9. The molecule has 9 aromatic rings. The van der Waals surface area contributed by atoms with Gasteiger partial charge >= 0.3 is 0 Å². The molecule has 1 fully saturated rings. The van der Waals surface area contributed by atoms with Gasteiger partial charge in [-0.3, -0.25) is 0 Å². The first kappa shape index (κ1) is 33.6. The second-order valence-electron chi connectivity index (χ2n) is 16.5. The van der Waals surface area contributed by atoms with Crippen LogP contribution in [0.4, 0.5) is 0 Å². The summed E-state index contributed by atoms with van der Waals surface area (Å²) in [5.74, 6) is -0.666. The minimum Gasteiger partial charge on any atom is -0.500 e. The van der Waals surface area contributed by atoms with E-state index in [1.54, 1.807) is 12.3 Å². The fourth-order valence-electron chi connectivity index (χ4n) is 8.00. The molecule has 5 heterocycles. The molecule has 5 nitrogen and oxygen atoms in total. The molecule has 0 unspecified atom stereocenters. The molecule has 0 atom stereocenters. The maximum absolute atomic E-state index is 9.11. The number of hydrogen-bond donors (Lipinski definition) is 0. The summed E-state index contributed by atoms with van der Waals surface area (Å²) in [5, 5.41) is 4.88. The number of benzene rings is 4. The van der Waals surface area contributed by atoms with Crippen LogP contribution in [-0.4, -0.2) is 23.0 Å². The summed E-state index contributed by atoms with van der Waals surface area (Å²) in [4.78, 5) is 13.6. The summed E-state index contributed by atoms with van der Waals surface area (Å²) in [6, 6.07) is 34.0. The number of nitrogens with zero attached hydrogens (tertiary/aromatic N) is 3. The van der Waals surface area contributed by atoms with Gasteiger partial charge in [-0.1, -0.05) is 142 Å². The van der Waals surface area contributed by atoms with Crippen molar-refractivity contribution in [1.29, 1.82) is 0 Å². The van der Waals surface area contributed by atoms with Crippen molar-refractivity contribution in [3.05, 3.63) is 145 Å². The number of fused-ring (bicyclic) bond motifs is 6. The van der Waals surface area contributed by atoms with Crippen molar-refractivity contribution < 1.29 is 37.2 Å². The van der Waals surface area contributed by atoms with Gasteiger partial charge in [-0.15, -0.1) is 23.8 Å². The van der Waals surface area contributed by atoms with Crippen molar-refractivity contribution in [1.82, 2.24) is 15.0 Å². The molecular weight excluding hydrogens is 919 g/mol. The monoisotopic (exact) mass is 974 g/mol. The number of aromatic nitrogens is 3. The van der Waals surface area contributed by atoms with Gasteiger partial charge in [-0.2, -0.15) is 0 Å². The molecule has 5 aromatic heterocycles. The molecule has 4 aromatic carbocycles. The molecule has 1 aliphatic rings. The summed E-state index contributed by atoms with van der Waals surface area (Å²) >= 11 is 0. The third-order valence-corrected chi connectivity index (χ3v) is 13.2. The second kappa shape index (κ2) is 16.8. The second-order valence-corrected chi connectivity index (χ2v) is 21.5. The molecule has 0 amide bonds. The molecular formula is C52H49IrN3O2Si-2. The standard InChI is InChI=1S/C27H22NO.C25H27N2OSi.Ir/c1-17(2)20-9-11-26-23(13-20)24-14-21(10-12-27(24)29-26)25-15-22(18(3)16-28-25)19-7-5-4-6-8-19;1-29(2,3)24-16-27-22(13-18(24)12-17-8-4-5-9-17)21-15-26-14-20-19-10-6-7-11-23(19)28-25(20)21;/h4-9,11-17H,1-3H3;6-7,10-11,13-14,16-17H,4-5,8-9,12H2,1-3H3;/q2*-1;/i3D3,17D;12D2;. The molecule has 59 heavy (non-hydrogen) atoms. The van der Waals surface area contributed by atoms with E-state index in [4.69, 9.17) is 22.0 Å². The average Bonchev–Trinajstić information content (AvgIpc) is 4.04. The van der Waals surface area contributed by atoms with Gasteiger partial charge in [0.2, 0.25) is 0 Å². The van der Waals surface area contributed by atoms with Gasteiger partial charge in [0.05, 0.1) is 19.2 Å². The van der Waals surface area contributed by atoms with E-state index < -0.39 is 27.2 Å². The molecule has 10 rings (SSSR count). The van der Waals surface area contributed by atoms with Crippen LogP contribution >= 0.6 is 0 Å². The summed E-state index contributed by atoms with van der Waals surface area (Å²) < 4.78 is 62.6. The molecule has 0 N–H and O–H groups in total. The van der Waals surface area contributed by atoms with Crippen LogP contribution in [0.2, 0.25) is 19.6 Å². The largest absolute Gasteiger partial charge is 0.500 e. The first-order valence-electron chi connectivity index (χ1n) is 23.0. The van der Waals surface area contributed by atoms with Crippen LogP contribution in [0.15, 0.2) is 124 Å². The molecule has 0 spiro atoms. The zero-order valence-corrected chi connectivity index (χ0v) is 37.3. The molecule has 0 saturated heterocycles. The summed E-state index contributed by atoms with van der Waals surface area (Å²) in [5.41, 5.74) is 9.08. The van der Waals surface area contributed by atoms with Gasteiger partial charge in [-0.25, -0.2) is 0 Å². The third-order valence-electron chi connectivity index (χ3n) is 11.2. The fraction of sp³-hybridized carbons (Fsp3) is 0.250. The SMILES string of the molecule is [2H]C([2H])([2H])c1cnc(-c2[c-]cc3oc4ccc(C([2H])(C)C)cc4c3c2)cc1-c1ccccc1.[2H]C([2H])(c1cc(-c2[c-]ncc3c2oc2ccccc23)ncc1[Si](C)(C)C)C1CCCC1.[Ir]. The molecule has 1 aliphatic carbocycles. The molecule has 299 valence electrons. The number of para-hydroxylation sites is 1. The smallest absolute Gasteiger partial charge is 0.121 e. The minimum absolute atomic E-state index is 0. The Balaban J connectivity index is 0.000000175. The molecule has 1 saturated carbocycles. The van der Waals surface area contributed by atoms with Gasteiger partial charge in [-0.05, 0) is 99.8 Å². The number of pyridine rings is 3. The quantitative estimate of drug-likeness (QED) is 0.118. The van der Waals surface area contributed by atoms with E-state index in [0.29, 0.717) is 33.7 Å². The van der Waals surface area contributed by atoms with Crippen LogP contribution in [0, 0.1) is 25.0 Å². The topological polar surface area (TPSA) is 65.0 Å². The van der Waals surface area contributed by atoms with E-state index in [0.717, 1.165) is 85.8 Å². The molecule has 1 radical (unpaired) electrons. The van der Waals surface area contributed by atoms with Crippen LogP contribution in [0.3, 0.4) is 0 Å². The first-order chi connectivity index (χ1) is 30.4. The third kappa shape index (κ3) is 8.21. The van der Waals surface area contributed by atoms with Crippen LogP contribution in [0.5, 0.6) is 0 Å². The Morgan fingerprint density at radius 2 is 1.54 bits per heavy atom. The Morgan fingerprint density at radius 3 is 2.32 bits per heavy atom. The minimum atomic E-state index is -2.27. The van der Waals surface area contributed by atoms with E-state index in [-0.39, 0.29) is 31.6 Å². The van der Waals surface area contributed by atoms with Crippen molar-refractivity contribution in [3.8, 4) is 33.6 Å². The summed E-state index contributed by atoms with van der Waals surface area (Å²) in [6.07, 6.45) is 10.9. The molecule has 7 heteroatoms. The predicted octanol–water partition coefficient (Wildman–Crippen LogP) is 13.7. The van der Waals surface area contributed by atoms with Crippen molar-refractivity contribution in [2.45, 2.75) is 78.3 Å². The van der Waals surface area contributed by atoms with E-state index in [1.165, 1.54) is 6.20 Å². The van der Waals surface area contributed by atoms with E-state index >= 15 is 0 Å². The number of hydrogen-bond acceptors (Lipinski definition) is 5. The van der Waals surface area contributed by atoms with Gasteiger partial charge in [0, 0.05) is 51.5 Å². The normalized spacial score (nSPS) is 15.5. The van der Waals surface area contributed by atoms with Crippen molar-refractivity contribution in [3.63, 3.8) is 0 Å². The van der Waals surface area contributed by atoms with Crippen molar-refractivity contribution >= 4 is 57.1 Å². The number of furan rings is 2. The summed E-state index contributed by atoms with van der Waals surface area (Å²) in [6.45, 7) is 8.21. The number of rotatable bonds is 7. The maximum Gasteiger partial charge on any atom is 0.121 e. The predicted molar refractivity (Wildman–Crippen MR) is 242 cm³/mol. The number of aryl methyl sites for hydroxylation is 1. The Morgan fingerprint density at radius 1 is 0.797 bits per heavy atom. The van der Waals surface area contributed by atoms with Gasteiger partial charge in [0.25, 0.3) is 0 Å². The van der Waals surface area contributed by atoms with Gasteiger partial charge < -0.3 is 23.8 Å². The Hall–Kier alpha value is -5.20. The molecule has 0 bridgehead atoms. The zero-order chi connectivity index (χ0) is 45.2. The van der Waals surface area contributed by atoms with E-state index in [2.05, 4.69) is 41.9 Å². The first-order valence-corrected chi connectivity index (χ1v) is 23.5. The van der Waals surface area contributed by atoms with E-state index in [1.807, 2.05) is 111 Å².